The second-order valence-corrected chi connectivity index (χ2v) is 7.61. The Morgan fingerprint density at radius 3 is 1.56 bits per heavy atom. The molecule has 2 rings (SSSR count). The first-order valence-corrected chi connectivity index (χ1v) is 9.39. The van der Waals surface area contributed by atoms with E-state index in [9.17, 15) is 4.79 Å². The van der Waals surface area contributed by atoms with Gasteiger partial charge in [0.05, 0.1) is 0 Å². The standard InChI is InChI=1S/C25H30O2/c1-15-11-18(4)23(19(5)12-15)22(10-8-9-17(3)25(26)27)24-20(6)13-16(2)14-21(24)7/h10-14H,3,8-9H2,1-2,4-7H3,(H,26,27). The van der Waals surface area contributed by atoms with E-state index in [4.69, 9.17) is 5.11 Å². The number of carboxylic acid groups (broad SMARTS) is 1. The van der Waals surface area contributed by atoms with Crippen molar-refractivity contribution in [3.05, 3.63) is 87.0 Å². The fourth-order valence-electron chi connectivity index (χ4n) is 4.04. The van der Waals surface area contributed by atoms with Crippen molar-refractivity contribution in [3.63, 3.8) is 0 Å². The van der Waals surface area contributed by atoms with Gasteiger partial charge in [0.1, 0.15) is 0 Å². The monoisotopic (exact) mass is 362 g/mol. The van der Waals surface area contributed by atoms with E-state index in [2.05, 4.69) is 78.5 Å². The molecule has 2 nitrogen and oxygen atoms in total. The van der Waals surface area contributed by atoms with E-state index in [1.54, 1.807) is 0 Å². The smallest absolute Gasteiger partial charge is 0.330 e. The second kappa shape index (κ2) is 8.39. The zero-order chi connectivity index (χ0) is 20.3. The summed E-state index contributed by atoms with van der Waals surface area (Å²) in [6.45, 7) is 16.5. The predicted octanol–water partition coefficient (Wildman–Crippen LogP) is 6.39. The number of carbonyl (C=O) groups is 1. The zero-order valence-corrected chi connectivity index (χ0v) is 17.4. The Balaban J connectivity index is 2.64. The summed E-state index contributed by atoms with van der Waals surface area (Å²) >= 11 is 0. The maximum absolute atomic E-state index is 11.1. The van der Waals surface area contributed by atoms with E-state index in [0.717, 1.165) is 0 Å². The van der Waals surface area contributed by atoms with Gasteiger partial charge in [0.2, 0.25) is 0 Å². The summed E-state index contributed by atoms with van der Waals surface area (Å²) in [7, 11) is 0. The van der Waals surface area contributed by atoms with Gasteiger partial charge >= 0.3 is 5.97 Å². The molecule has 0 heterocycles. The minimum absolute atomic E-state index is 0.250. The Morgan fingerprint density at radius 2 is 1.22 bits per heavy atom. The molecule has 0 unspecified atom stereocenters. The van der Waals surface area contributed by atoms with E-state index >= 15 is 0 Å². The van der Waals surface area contributed by atoms with Crippen molar-refractivity contribution in [2.75, 3.05) is 0 Å². The van der Waals surface area contributed by atoms with Crippen LogP contribution in [-0.2, 0) is 4.79 Å². The van der Waals surface area contributed by atoms with Gasteiger partial charge in [-0.25, -0.2) is 4.79 Å². The summed E-state index contributed by atoms with van der Waals surface area (Å²) in [5.74, 6) is -0.921. The fraction of sp³-hybridized carbons (Fsp3) is 0.320. The lowest BCUT2D eigenvalue weighted by molar-refractivity contribution is -0.132. The van der Waals surface area contributed by atoms with E-state index in [0.29, 0.717) is 12.8 Å². The van der Waals surface area contributed by atoms with Crippen molar-refractivity contribution in [1.82, 2.24) is 0 Å². The Bertz CT molecular complexity index is 824. The molecule has 0 saturated carbocycles. The van der Waals surface area contributed by atoms with Crippen LogP contribution in [0.4, 0.5) is 0 Å². The van der Waals surface area contributed by atoms with Crippen LogP contribution in [0.15, 0.2) is 42.5 Å². The maximum atomic E-state index is 11.1. The van der Waals surface area contributed by atoms with Gasteiger partial charge in [0.25, 0.3) is 0 Å². The quantitative estimate of drug-likeness (QED) is 0.605. The van der Waals surface area contributed by atoms with Crippen molar-refractivity contribution in [3.8, 4) is 0 Å². The van der Waals surface area contributed by atoms with Crippen LogP contribution in [0.1, 0.15) is 57.3 Å². The SMILES string of the molecule is C=C(CCC=C(c1c(C)cc(C)cc1C)c1c(C)cc(C)cc1C)C(=O)O. The Labute approximate surface area is 163 Å². The lowest BCUT2D eigenvalue weighted by atomic mass is 9.84. The summed E-state index contributed by atoms with van der Waals surface area (Å²) < 4.78 is 0. The topological polar surface area (TPSA) is 37.3 Å². The molecule has 0 aliphatic heterocycles. The minimum Gasteiger partial charge on any atom is -0.478 e. The van der Waals surface area contributed by atoms with Gasteiger partial charge in [0, 0.05) is 5.57 Å². The fourth-order valence-corrected chi connectivity index (χ4v) is 4.04. The largest absolute Gasteiger partial charge is 0.478 e. The van der Waals surface area contributed by atoms with Crippen molar-refractivity contribution < 1.29 is 9.90 Å². The van der Waals surface area contributed by atoms with Crippen LogP contribution >= 0.6 is 0 Å². The number of aliphatic carboxylic acids is 1. The molecular weight excluding hydrogens is 332 g/mol. The molecule has 0 aliphatic rings. The number of allylic oxidation sites excluding steroid dienone is 1. The van der Waals surface area contributed by atoms with Crippen molar-refractivity contribution in [2.24, 2.45) is 0 Å². The predicted molar refractivity (Wildman–Crippen MR) is 114 cm³/mol. The molecule has 0 aliphatic carbocycles. The Hall–Kier alpha value is -2.61. The molecule has 27 heavy (non-hydrogen) atoms. The van der Waals surface area contributed by atoms with E-state index < -0.39 is 5.97 Å². The Kier molecular flexibility index (Phi) is 6.43. The van der Waals surface area contributed by atoms with Gasteiger partial charge in [-0.05, 0) is 93.3 Å². The number of carboxylic acids is 1. The van der Waals surface area contributed by atoms with Crippen LogP contribution in [0.2, 0.25) is 0 Å². The third-order valence-corrected chi connectivity index (χ3v) is 4.99. The maximum Gasteiger partial charge on any atom is 0.330 e. The number of hydrogen-bond donors (Lipinski definition) is 1. The van der Waals surface area contributed by atoms with Crippen LogP contribution in [0.25, 0.3) is 5.57 Å². The van der Waals surface area contributed by atoms with Gasteiger partial charge in [-0.1, -0.05) is 48.0 Å². The number of rotatable bonds is 6. The molecule has 0 fully saturated rings. The van der Waals surface area contributed by atoms with E-state index in [1.165, 1.54) is 50.1 Å². The molecule has 0 radical (unpaired) electrons. The lowest BCUT2D eigenvalue weighted by Crippen LogP contribution is -2.02. The molecule has 2 aromatic rings. The highest BCUT2D eigenvalue weighted by Gasteiger charge is 2.16. The molecule has 1 N–H and O–H groups in total. The molecule has 0 amide bonds. The normalized spacial score (nSPS) is 10.6. The highest BCUT2D eigenvalue weighted by Crippen LogP contribution is 2.35. The highest BCUT2D eigenvalue weighted by molar-refractivity contribution is 5.87. The van der Waals surface area contributed by atoms with Crippen LogP contribution in [0.3, 0.4) is 0 Å². The zero-order valence-electron chi connectivity index (χ0n) is 17.4. The molecular formula is C25H30O2. The van der Waals surface area contributed by atoms with E-state index in [-0.39, 0.29) is 5.57 Å². The highest BCUT2D eigenvalue weighted by atomic mass is 16.4. The average Bonchev–Trinajstić information content (AvgIpc) is 2.52. The van der Waals surface area contributed by atoms with Crippen molar-refractivity contribution >= 4 is 11.5 Å². The van der Waals surface area contributed by atoms with Gasteiger partial charge in [-0.2, -0.15) is 0 Å². The van der Waals surface area contributed by atoms with Crippen molar-refractivity contribution in [2.45, 2.75) is 54.4 Å². The molecule has 0 spiro atoms. The number of benzene rings is 2. The first kappa shape index (κ1) is 20.7. The molecule has 0 saturated heterocycles. The number of aryl methyl sites for hydroxylation is 6. The molecule has 0 bridgehead atoms. The number of hydrogen-bond acceptors (Lipinski definition) is 1. The third kappa shape index (κ3) is 4.77. The lowest BCUT2D eigenvalue weighted by Gasteiger charge is -2.20. The summed E-state index contributed by atoms with van der Waals surface area (Å²) in [6, 6.07) is 8.85. The summed E-state index contributed by atoms with van der Waals surface area (Å²) in [6.07, 6.45) is 3.29. The van der Waals surface area contributed by atoms with Crippen LogP contribution in [0.5, 0.6) is 0 Å². The molecule has 2 heteroatoms. The molecule has 2 aromatic carbocycles. The summed E-state index contributed by atoms with van der Waals surface area (Å²) in [4.78, 5) is 11.1. The molecule has 0 aromatic heterocycles. The van der Waals surface area contributed by atoms with Crippen molar-refractivity contribution in [1.29, 1.82) is 0 Å². The third-order valence-electron chi connectivity index (χ3n) is 4.99. The Morgan fingerprint density at radius 1 is 0.852 bits per heavy atom. The van der Waals surface area contributed by atoms with Gasteiger partial charge in [-0.15, -0.1) is 0 Å². The van der Waals surface area contributed by atoms with Gasteiger partial charge in [-0.3, -0.25) is 0 Å². The van der Waals surface area contributed by atoms with Gasteiger partial charge in [0.15, 0.2) is 0 Å². The first-order chi connectivity index (χ1) is 12.6. The summed E-state index contributed by atoms with van der Waals surface area (Å²) in [5.41, 5.74) is 11.4. The molecule has 0 atom stereocenters. The van der Waals surface area contributed by atoms with Crippen LogP contribution in [0, 0.1) is 41.5 Å². The van der Waals surface area contributed by atoms with Gasteiger partial charge < -0.3 is 5.11 Å². The second-order valence-electron chi connectivity index (χ2n) is 7.61. The minimum atomic E-state index is -0.921. The van der Waals surface area contributed by atoms with Crippen LogP contribution in [-0.4, -0.2) is 11.1 Å². The summed E-state index contributed by atoms with van der Waals surface area (Å²) in [5, 5.41) is 9.10. The average molecular weight is 363 g/mol. The van der Waals surface area contributed by atoms with E-state index in [1.807, 2.05) is 0 Å². The molecule has 142 valence electrons. The first-order valence-electron chi connectivity index (χ1n) is 9.39. The van der Waals surface area contributed by atoms with Crippen LogP contribution < -0.4 is 0 Å².